The largest absolute Gasteiger partial charge is 0.353 e. The third kappa shape index (κ3) is 5.54. The summed E-state index contributed by atoms with van der Waals surface area (Å²) < 4.78 is 4.31. The Morgan fingerprint density at radius 1 is 1.16 bits per heavy atom. The number of thiophene rings is 1. The maximum absolute atomic E-state index is 13.0. The summed E-state index contributed by atoms with van der Waals surface area (Å²) in [4.78, 5) is 29.2. The van der Waals surface area contributed by atoms with E-state index < -0.39 is 0 Å². The zero-order valence-corrected chi connectivity index (χ0v) is 20.4. The Labute approximate surface area is 188 Å². The van der Waals surface area contributed by atoms with Crippen molar-refractivity contribution >= 4 is 33.0 Å². The SMILES string of the molecule is CCc1nn(CC(=O)NCCN(CC(C)C)CC(C)C)c(=O)c2cc3sc(C)cc3n12. The topological polar surface area (TPSA) is 71.6 Å². The van der Waals surface area contributed by atoms with Crippen molar-refractivity contribution in [3.63, 3.8) is 0 Å². The Balaban J connectivity index is 1.71. The lowest BCUT2D eigenvalue weighted by atomic mass is 10.1. The normalized spacial score (nSPS) is 12.2. The van der Waals surface area contributed by atoms with Crippen molar-refractivity contribution in [3.8, 4) is 0 Å². The molecule has 170 valence electrons. The van der Waals surface area contributed by atoms with Crippen molar-refractivity contribution in [1.82, 2.24) is 24.4 Å². The van der Waals surface area contributed by atoms with Gasteiger partial charge >= 0.3 is 0 Å². The Bertz CT molecular complexity index is 1100. The summed E-state index contributed by atoms with van der Waals surface area (Å²) in [7, 11) is 0. The van der Waals surface area contributed by atoms with Crippen LogP contribution < -0.4 is 10.9 Å². The molecule has 0 atom stereocenters. The van der Waals surface area contributed by atoms with Crippen molar-refractivity contribution in [2.75, 3.05) is 26.2 Å². The average Bonchev–Trinajstić information content (AvgIpc) is 3.19. The molecule has 0 bridgehead atoms. The van der Waals surface area contributed by atoms with Gasteiger partial charge in [-0.05, 0) is 30.9 Å². The van der Waals surface area contributed by atoms with Crippen molar-refractivity contribution in [2.45, 2.75) is 54.5 Å². The molecule has 0 unspecified atom stereocenters. The molecule has 31 heavy (non-hydrogen) atoms. The van der Waals surface area contributed by atoms with Gasteiger partial charge in [0.05, 0.1) is 10.2 Å². The van der Waals surface area contributed by atoms with Crippen LogP contribution in [0.15, 0.2) is 16.9 Å². The molecule has 0 saturated heterocycles. The van der Waals surface area contributed by atoms with Gasteiger partial charge in [-0.1, -0.05) is 34.6 Å². The Morgan fingerprint density at radius 3 is 2.45 bits per heavy atom. The number of nitrogens with one attached hydrogen (secondary N) is 1. The molecule has 3 heterocycles. The second kappa shape index (κ2) is 9.96. The van der Waals surface area contributed by atoms with E-state index in [1.54, 1.807) is 11.3 Å². The maximum Gasteiger partial charge on any atom is 0.291 e. The molecule has 0 spiro atoms. The summed E-state index contributed by atoms with van der Waals surface area (Å²) >= 11 is 1.67. The van der Waals surface area contributed by atoms with E-state index in [2.05, 4.69) is 56.0 Å². The average molecular weight is 446 g/mol. The highest BCUT2D eigenvalue weighted by Gasteiger charge is 2.17. The molecule has 1 N–H and O–H groups in total. The Morgan fingerprint density at radius 2 is 1.84 bits per heavy atom. The second-order valence-electron chi connectivity index (χ2n) is 9.10. The lowest BCUT2D eigenvalue weighted by molar-refractivity contribution is -0.122. The monoisotopic (exact) mass is 445 g/mol. The molecule has 3 aromatic rings. The van der Waals surface area contributed by atoms with Gasteiger partial charge in [-0.3, -0.25) is 14.0 Å². The van der Waals surface area contributed by atoms with Gasteiger partial charge in [-0.2, -0.15) is 5.10 Å². The molecule has 3 aromatic heterocycles. The molecule has 1 amide bonds. The van der Waals surface area contributed by atoms with Crippen LogP contribution in [-0.4, -0.2) is 51.2 Å². The molecule has 0 aliphatic carbocycles. The standard InChI is InChI=1S/C23H35N5O2S/c1-7-21-25-27(23(30)19-11-20-18(28(19)21)10-17(6)31-20)14-22(29)24-8-9-26(12-15(2)3)13-16(4)5/h10-11,15-16H,7-9,12-14H2,1-6H3,(H,24,29). The predicted octanol–water partition coefficient (Wildman–Crippen LogP) is 3.31. The first-order valence-electron chi connectivity index (χ1n) is 11.2. The Kier molecular flexibility index (Phi) is 7.54. The number of aryl methyl sites for hydroxylation is 2. The summed E-state index contributed by atoms with van der Waals surface area (Å²) in [6.07, 6.45) is 0.677. The molecule has 0 aromatic carbocycles. The number of hydrogen-bond donors (Lipinski definition) is 1. The highest BCUT2D eigenvalue weighted by molar-refractivity contribution is 7.19. The zero-order chi connectivity index (χ0) is 22.7. The van der Waals surface area contributed by atoms with Gasteiger partial charge in [-0.25, -0.2) is 4.68 Å². The summed E-state index contributed by atoms with van der Waals surface area (Å²) in [5.74, 6) is 1.77. The first-order chi connectivity index (χ1) is 14.7. The molecule has 0 aliphatic heterocycles. The van der Waals surface area contributed by atoms with Gasteiger partial charge in [-0.15, -0.1) is 11.3 Å². The Hall–Kier alpha value is -2.19. The summed E-state index contributed by atoms with van der Waals surface area (Å²) in [5.41, 5.74) is 1.38. The van der Waals surface area contributed by atoms with Crippen LogP contribution in [0.5, 0.6) is 0 Å². The van der Waals surface area contributed by atoms with Gasteiger partial charge < -0.3 is 10.2 Å². The fourth-order valence-corrected chi connectivity index (χ4v) is 5.03. The first-order valence-corrected chi connectivity index (χ1v) is 12.0. The highest BCUT2D eigenvalue weighted by atomic mass is 32.1. The van der Waals surface area contributed by atoms with Crippen molar-refractivity contribution in [1.29, 1.82) is 0 Å². The smallest absolute Gasteiger partial charge is 0.291 e. The molecule has 3 rings (SSSR count). The maximum atomic E-state index is 13.0. The second-order valence-corrected chi connectivity index (χ2v) is 10.4. The van der Waals surface area contributed by atoms with E-state index >= 15 is 0 Å². The molecule has 0 aliphatic rings. The summed E-state index contributed by atoms with van der Waals surface area (Å²) in [6.45, 7) is 16.2. The van der Waals surface area contributed by atoms with Crippen LogP contribution in [0.4, 0.5) is 0 Å². The number of carbonyl (C=O) groups excluding carboxylic acids is 1. The van der Waals surface area contributed by atoms with E-state index in [-0.39, 0.29) is 18.0 Å². The van der Waals surface area contributed by atoms with Gasteiger partial charge in [0, 0.05) is 37.5 Å². The van der Waals surface area contributed by atoms with Crippen molar-refractivity contribution < 1.29 is 4.79 Å². The zero-order valence-electron chi connectivity index (χ0n) is 19.6. The van der Waals surface area contributed by atoms with Crippen molar-refractivity contribution in [3.05, 3.63) is 33.2 Å². The third-order valence-corrected chi connectivity index (χ3v) is 6.15. The minimum Gasteiger partial charge on any atom is -0.353 e. The number of amides is 1. The van der Waals surface area contributed by atoms with Gasteiger partial charge in [0.2, 0.25) is 5.91 Å². The van der Waals surface area contributed by atoms with E-state index in [0.717, 1.165) is 35.7 Å². The van der Waals surface area contributed by atoms with Crippen LogP contribution >= 0.6 is 11.3 Å². The summed E-state index contributed by atoms with van der Waals surface area (Å²) in [5, 5.41) is 7.48. The molecular weight excluding hydrogens is 410 g/mol. The fraction of sp³-hybridized carbons (Fsp3) is 0.609. The van der Waals surface area contributed by atoms with E-state index in [1.165, 1.54) is 9.56 Å². The predicted molar refractivity (Wildman–Crippen MR) is 128 cm³/mol. The van der Waals surface area contributed by atoms with Crippen LogP contribution in [0.1, 0.15) is 45.3 Å². The first kappa shape index (κ1) is 23.5. The van der Waals surface area contributed by atoms with Crippen LogP contribution in [0.3, 0.4) is 0 Å². The van der Waals surface area contributed by atoms with E-state index in [9.17, 15) is 9.59 Å². The van der Waals surface area contributed by atoms with E-state index in [1.807, 2.05) is 17.4 Å². The van der Waals surface area contributed by atoms with E-state index in [4.69, 9.17) is 0 Å². The number of rotatable bonds is 10. The van der Waals surface area contributed by atoms with Gasteiger partial charge in [0.1, 0.15) is 17.9 Å². The van der Waals surface area contributed by atoms with Crippen LogP contribution in [0, 0.1) is 18.8 Å². The van der Waals surface area contributed by atoms with Crippen LogP contribution in [0.2, 0.25) is 0 Å². The molecule has 0 saturated carbocycles. The molecule has 0 fully saturated rings. The van der Waals surface area contributed by atoms with Crippen LogP contribution in [-0.2, 0) is 17.8 Å². The highest BCUT2D eigenvalue weighted by Crippen LogP contribution is 2.28. The van der Waals surface area contributed by atoms with Gasteiger partial charge in [0.25, 0.3) is 5.56 Å². The number of carbonyl (C=O) groups is 1. The van der Waals surface area contributed by atoms with Crippen LogP contribution in [0.25, 0.3) is 15.7 Å². The van der Waals surface area contributed by atoms with Crippen molar-refractivity contribution in [2.24, 2.45) is 11.8 Å². The molecule has 7 nitrogen and oxygen atoms in total. The number of nitrogens with zero attached hydrogens (tertiary/aromatic N) is 4. The van der Waals surface area contributed by atoms with Gasteiger partial charge in [0.15, 0.2) is 0 Å². The fourth-order valence-electron chi connectivity index (χ4n) is 4.08. The number of hydrogen-bond acceptors (Lipinski definition) is 5. The minimum atomic E-state index is -0.227. The quantitative estimate of drug-likeness (QED) is 0.520. The minimum absolute atomic E-state index is 0.0610. The molecular formula is C23H35N5O2S. The van der Waals surface area contributed by atoms with E-state index in [0.29, 0.717) is 30.3 Å². The molecule has 8 heteroatoms. The lowest BCUT2D eigenvalue weighted by Crippen LogP contribution is -2.40. The summed E-state index contributed by atoms with van der Waals surface area (Å²) in [6, 6.07) is 4.00. The molecule has 0 radical (unpaired) electrons. The third-order valence-electron chi connectivity index (χ3n) is 5.17. The number of fused-ring (bicyclic) bond motifs is 3. The number of aromatic nitrogens is 3. The lowest BCUT2D eigenvalue weighted by Gasteiger charge is -2.26.